The molecule has 1 rings (SSSR count). The van der Waals surface area contributed by atoms with Gasteiger partial charge in [0.05, 0.1) is 17.6 Å². The summed E-state index contributed by atoms with van der Waals surface area (Å²) in [7, 11) is 0. The van der Waals surface area contributed by atoms with Crippen molar-refractivity contribution in [2.75, 3.05) is 5.32 Å². The number of rotatable bonds is 4. The van der Waals surface area contributed by atoms with Crippen LogP contribution in [0.15, 0.2) is 12.5 Å². The van der Waals surface area contributed by atoms with Crippen molar-refractivity contribution in [1.82, 2.24) is 9.97 Å². The normalized spacial score (nSPS) is 9.79. The van der Waals surface area contributed by atoms with Gasteiger partial charge in [0.15, 0.2) is 5.11 Å². The van der Waals surface area contributed by atoms with Gasteiger partial charge in [-0.15, -0.1) is 0 Å². The van der Waals surface area contributed by atoms with E-state index in [1.54, 1.807) is 6.20 Å². The highest BCUT2D eigenvalue weighted by Crippen LogP contribution is 2.12. The monoisotopic (exact) mass is 210 g/mol. The molecule has 0 amide bonds. The standard InChI is InChI=1S/C9H14N4S/c1-2-3-4-7-8(13-9(10)14)5-11-6-12-7/h5-6H,2-4H2,1H3,(H3,10,13,14). The van der Waals surface area contributed by atoms with Crippen LogP contribution in [0.4, 0.5) is 5.69 Å². The quantitative estimate of drug-likeness (QED) is 0.737. The van der Waals surface area contributed by atoms with Crippen LogP contribution in [-0.4, -0.2) is 15.1 Å². The Morgan fingerprint density at radius 2 is 2.43 bits per heavy atom. The predicted molar refractivity (Wildman–Crippen MR) is 61.1 cm³/mol. The van der Waals surface area contributed by atoms with Gasteiger partial charge >= 0.3 is 0 Å². The lowest BCUT2D eigenvalue weighted by Crippen LogP contribution is -2.20. The molecule has 1 aromatic heterocycles. The summed E-state index contributed by atoms with van der Waals surface area (Å²) < 4.78 is 0. The Labute approximate surface area is 88.9 Å². The van der Waals surface area contributed by atoms with Gasteiger partial charge in [0, 0.05) is 0 Å². The molecule has 0 radical (unpaired) electrons. The average molecular weight is 210 g/mol. The number of nitrogens with two attached hydrogens (primary N) is 1. The van der Waals surface area contributed by atoms with Crippen LogP contribution in [0.25, 0.3) is 0 Å². The second-order valence-corrected chi connectivity index (χ2v) is 3.42. The second-order valence-electron chi connectivity index (χ2n) is 2.98. The summed E-state index contributed by atoms with van der Waals surface area (Å²) in [5, 5.41) is 3.11. The van der Waals surface area contributed by atoms with Crippen molar-refractivity contribution in [2.24, 2.45) is 5.73 Å². The predicted octanol–water partition coefficient (Wildman–Crippen LogP) is 1.47. The maximum atomic E-state index is 5.39. The maximum Gasteiger partial charge on any atom is 0.168 e. The van der Waals surface area contributed by atoms with Crippen LogP contribution < -0.4 is 11.1 Å². The van der Waals surface area contributed by atoms with Crippen LogP contribution >= 0.6 is 12.2 Å². The van der Waals surface area contributed by atoms with Crippen molar-refractivity contribution in [3.63, 3.8) is 0 Å². The van der Waals surface area contributed by atoms with Crippen molar-refractivity contribution < 1.29 is 0 Å². The average Bonchev–Trinajstić information content (AvgIpc) is 2.16. The Bertz CT molecular complexity index is 313. The van der Waals surface area contributed by atoms with Gasteiger partial charge < -0.3 is 11.1 Å². The summed E-state index contributed by atoms with van der Waals surface area (Å²) in [6.07, 6.45) is 6.39. The number of aryl methyl sites for hydroxylation is 1. The first-order valence-corrected chi connectivity index (χ1v) is 5.00. The molecule has 1 heterocycles. The largest absolute Gasteiger partial charge is 0.376 e. The van der Waals surface area contributed by atoms with Crippen molar-refractivity contribution in [1.29, 1.82) is 0 Å². The molecular formula is C9H14N4S. The van der Waals surface area contributed by atoms with E-state index in [0.29, 0.717) is 0 Å². The molecule has 1 aromatic rings. The minimum absolute atomic E-state index is 0.248. The number of nitrogens with one attached hydrogen (secondary N) is 1. The lowest BCUT2D eigenvalue weighted by Gasteiger charge is -2.07. The third-order valence-corrected chi connectivity index (χ3v) is 1.92. The maximum absolute atomic E-state index is 5.39. The zero-order valence-corrected chi connectivity index (χ0v) is 8.97. The number of aromatic nitrogens is 2. The number of unbranched alkanes of at least 4 members (excludes halogenated alkanes) is 1. The van der Waals surface area contributed by atoms with Crippen LogP contribution in [0, 0.1) is 0 Å². The highest BCUT2D eigenvalue weighted by Gasteiger charge is 2.03. The Hall–Kier alpha value is -1.23. The molecule has 0 atom stereocenters. The molecular weight excluding hydrogens is 196 g/mol. The molecule has 0 aliphatic rings. The summed E-state index contributed by atoms with van der Waals surface area (Å²) in [6, 6.07) is 0. The van der Waals surface area contributed by atoms with Gasteiger partial charge in [-0.3, -0.25) is 0 Å². The topological polar surface area (TPSA) is 63.8 Å². The number of anilines is 1. The van der Waals surface area contributed by atoms with Gasteiger partial charge in [-0.25, -0.2) is 9.97 Å². The molecule has 0 unspecified atom stereocenters. The van der Waals surface area contributed by atoms with Gasteiger partial charge in [0.1, 0.15) is 6.33 Å². The molecule has 0 saturated carbocycles. The first kappa shape index (κ1) is 10.8. The first-order valence-electron chi connectivity index (χ1n) is 4.59. The molecule has 0 bridgehead atoms. The Morgan fingerprint density at radius 1 is 1.64 bits per heavy atom. The van der Waals surface area contributed by atoms with Gasteiger partial charge in [0.25, 0.3) is 0 Å². The minimum atomic E-state index is 0.248. The molecule has 0 aliphatic carbocycles. The van der Waals surface area contributed by atoms with Crippen LogP contribution in [0.1, 0.15) is 25.5 Å². The zero-order chi connectivity index (χ0) is 10.4. The van der Waals surface area contributed by atoms with Gasteiger partial charge in [-0.05, 0) is 25.1 Å². The van der Waals surface area contributed by atoms with E-state index in [1.807, 2.05) is 0 Å². The van der Waals surface area contributed by atoms with Gasteiger partial charge in [-0.1, -0.05) is 13.3 Å². The Balaban J connectivity index is 2.74. The summed E-state index contributed by atoms with van der Waals surface area (Å²) in [5.41, 5.74) is 7.17. The van der Waals surface area contributed by atoms with Crippen LogP contribution in [0.5, 0.6) is 0 Å². The molecule has 14 heavy (non-hydrogen) atoms. The fourth-order valence-corrected chi connectivity index (χ4v) is 1.25. The van der Waals surface area contributed by atoms with Crippen LogP contribution in [0.3, 0.4) is 0 Å². The lowest BCUT2D eigenvalue weighted by atomic mass is 10.2. The van der Waals surface area contributed by atoms with E-state index in [9.17, 15) is 0 Å². The third kappa shape index (κ3) is 3.26. The van der Waals surface area contributed by atoms with Crippen molar-refractivity contribution in [3.05, 3.63) is 18.2 Å². The van der Waals surface area contributed by atoms with E-state index < -0.39 is 0 Å². The van der Waals surface area contributed by atoms with E-state index in [0.717, 1.165) is 30.6 Å². The molecule has 0 aromatic carbocycles. The van der Waals surface area contributed by atoms with E-state index in [1.165, 1.54) is 6.33 Å². The molecule has 4 nitrogen and oxygen atoms in total. The summed E-state index contributed by atoms with van der Waals surface area (Å²) in [4.78, 5) is 8.10. The van der Waals surface area contributed by atoms with Crippen molar-refractivity contribution in [3.8, 4) is 0 Å². The van der Waals surface area contributed by atoms with Crippen LogP contribution in [0.2, 0.25) is 0 Å². The molecule has 0 saturated heterocycles. The molecule has 76 valence electrons. The van der Waals surface area contributed by atoms with E-state index in [4.69, 9.17) is 18.0 Å². The summed E-state index contributed by atoms with van der Waals surface area (Å²) in [5.74, 6) is 0. The molecule has 0 aliphatic heterocycles. The van der Waals surface area contributed by atoms with E-state index >= 15 is 0 Å². The van der Waals surface area contributed by atoms with E-state index in [2.05, 4.69) is 22.2 Å². The lowest BCUT2D eigenvalue weighted by molar-refractivity contribution is 0.775. The van der Waals surface area contributed by atoms with Crippen molar-refractivity contribution in [2.45, 2.75) is 26.2 Å². The molecule has 0 spiro atoms. The van der Waals surface area contributed by atoms with E-state index in [-0.39, 0.29) is 5.11 Å². The SMILES string of the molecule is CCCCc1ncncc1NC(N)=S. The number of hydrogen-bond donors (Lipinski definition) is 2. The number of thiocarbonyl (C=S) groups is 1. The van der Waals surface area contributed by atoms with Crippen LogP contribution in [-0.2, 0) is 6.42 Å². The van der Waals surface area contributed by atoms with Gasteiger partial charge in [-0.2, -0.15) is 0 Å². The first-order chi connectivity index (χ1) is 6.74. The second kappa shape index (κ2) is 5.49. The summed E-state index contributed by atoms with van der Waals surface area (Å²) in [6.45, 7) is 2.14. The fraction of sp³-hybridized carbons (Fsp3) is 0.444. The third-order valence-electron chi connectivity index (χ3n) is 1.82. The number of hydrogen-bond acceptors (Lipinski definition) is 3. The molecule has 3 N–H and O–H groups in total. The zero-order valence-electron chi connectivity index (χ0n) is 8.16. The fourth-order valence-electron chi connectivity index (χ4n) is 1.14. The minimum Gasteiger partial charge on any atom is -0.376 e. The summed E-state index contributed by atoms with van der Waals surface area (Å²) >= 11 is 4.76. The smallest absolute Gasteiger partial charge is 0.168 e. The Morgan fingerprint density at radius 3 is 3.07 bits per heavy atom. The van der Waals surface area contributed by atoms with Crippen molar-refractivity contribution >= 4 is 23.0 Å². The molecule has 0 fully saturated rings. The molecule has 5 heteroatoms. The highest BCUT2D eigenvalue weighted by molar-refractivity contribution is 7.80. The van der Waals surface area contributed by atoms with Gasteiger partial charge in [0.2, 0.25) is 0 Å². The highest BCUT2D eigenvalue weighted by atomic mass is 32.1. The number of nitrogens with zero attached hydrogens (tertiary/aromatic N) is 2. The Kier molecular flexibility index (Phi) is 4.25.